The van der Waals surface area contributed by atoms with Crippen LogP contribution in [0.3, 0.4) is 0 Å². The van der Waals surface area contributed by atoms with E-state index < -0.39 is 24.7 Å². The lowest BCUT2D eigenvalue weighted by Gasteiger charge is -2.17. The van der Waals surface area contributed by atoms with Crippen LogP contribution in [0.25, 0.3) is 0 Å². The quantitative estimate of drug-likeness (QED) is 0.874. The summed E-state index contributed by atoms with van der Waals surface area (Å²) in [5, 5.41) is 10.6. The van der Waals surface area contributed by atoms with E-state index in [0.29, 0.717) is 5.56 Å². The SMILES string of the molecule is O=C(O)c1ccc2c(c1)CN(C(=O)NCC(F)(F)F)C2. The number of nitrogens with one attached hydrogen (secondary N) is 1. The second-order valence-electron chi connectivity index (χ2n) is 4.42. The second-order valence-corrected chi connectivity index (χ2v) is 4.42. The van der Waals surface area contributed by atoms with Crippen LogP contribution in [0.15, 0.2) is 18.2 Å². The molecule has 0 unspecified atom stereocenters. The molecule has 1 heterocycles. The molecular formula is C12H11F3N2O3. The molecule has 8 heteroatoms. The average molecular weight is 288 g/mol. The summed E-state index contributed by atoms with van der Waals surface area (Å²) < 4.78 is 36.0. The highest BCUT2D eigenvalue weighted by molar-refractivity contribution is 5.88. The number of aromatic carboxylic acids is 1. The van der Waals surface area contributed by atoms with E-state index >= 15 is 0 Å². The van der Waals surface area contributed by atoms with Gasteiger partial charge in [0.25, 0.3) is 0 Å². The maximum atomic E-state index is 12.0. The van der Waals surface area contributed by atoms with Crippen molar-refractivity contribution in [1.29, 1.82) is 0 Å². The van der Waals surface area contributed by atoms with E-state index in [4.69, 9.17) is 5.11 Å². The largest absolute Gasteiger partial charge is 0.478 e. The zero-order chi connectivity index (χ0) is 14.9. The summed E-state index contributed by atoms with van der Waals surface area (Å²) in [6.07, 6.45) is -4.46. The molecule has 20 heavy (non-hydrogen) atoms. The first-order valence-corrected chi connectivity index (χ1v) is 5.71. The number of carbonyl (C=O) groups is 2. The van der Waals surface area contributed by atoms with E-state index in [-0.39, 0.29) is 18.7 Å². The molecule has 1 aliphatic rings. The molecular weight excluding hydrogens is 277 g/mol. The Hall–Kier alpha value is -2.25. The van der Waals surface area contributed by atoms with Gasteiger partial charge in [0.1, 0.15) is 6.54 Å². The van der Waals surface area contributed by atoms with Gasteiger partial charge in [0.05, 0.1) is 5.56 Å². The smallest absolute Gasteiger partial charge is 0.405 e. The Morgan fingerprint density at radius 2 is 1.90 bits per heavy atom. The Labute approximate surface area is 112 Å². The third-order valence-electron chi connectivity index (χ3n) is 2.90. The molecule has 0 fully saturated rings. The zero-order valence-electron chi connectivity index (χ0n) is 10.2. The van der Waals surface area contributed by atoms with Gasteiger partial charge in [0.15, 0.2) is 0 Å². The standard InChI is InChI=1S/C12H11F3N2O3/c13-12(14,15)6-16-11(20)17-4-8-2-1-7(10(18)19)3-9(8)5-17/h1-3H,4-6H2,(H,16,20)(H,18,19). The van der Waals surface area contributed by atoms with Crippen LogP contribution in [0.5, 0.6) is 0 Å². The lowest BCUT2D eigenvalue weighted by Crippen LogP contribution is -2.41. The number of benzene rings is 1. The molecule has 0 spiro atoms. The van der Waals surface area contributed by atoms with Crippen molar-refractivity contribution in [3.8, 4) is 0 Å². The third-order valence-corrected chi connectivity index (χ3v) is 2.90. The van der Waals surface area contributed by atoms with Gasteiger partial charge in [-0.3, -0.25) is 0 Å². The summed E-state index contributed by atoms with van der Waals surface area (Å²) in [5.41, 5.74) is 1.45. The first kappa shape index (κ1) is 14.2. The van der Waals surface area contributed by atoms with Crippen molar-refractivity contribution in [2.24, 2.45) is 0 Å². The molecule has 0 saturated heterocycles. The number of amides is 2. The molecule has 108 valence electrons. The Bertz CT molecular complexity index is 557. The zero-order valence-corrected chi connectivity index (χ0v) is 10.2. The number of halogens is 3. The Balaban J connectivity index is 2.02. The van der Waals surface area contributed by atoms with Crippen molar-refractivity contribution < 1.29 is 27.9 Å². The second kappa shape index (κ2) is 5.03. The first-order chi connectivity index (χ1) is 9.26. The molecule has 2 rings (SSSR count). The van der Waals surface area contributed by atoms with Crippen molar-refractivity contribution in [2.75, 3.05) is 6.54 Å². The number of carboxylic acid groups (broad SMARTS) is 1. The predicted octanol–water partition coefficient (Wildman–Crippen LogP) is 1.97. The lowest BCUT2D eigenvalue weighted by molar-refractivity contribution is -0.123. The van der Waals surface area contributed by atoms with Crippen LogP contribution in [0.2, 0.25) is 0 Å². The highest BCUT2D eigenvalue weighted by Crippen LogP contribution is 2.24. The van der Waals surface area contributed by atoms with Crippen LogP contribution in [-0.4, -0.2) is 34.7 Å². The van der Waals surface area contributed by atoms with Gasteiger partial charge in [-0.25, -0.2) is 9.59 Å². The normalized spacial score (nSPS) is 14.1. The first-order valence-electron chi connectivity index (χ1n) is 5.71. The Kier molecular flexibility index (Phi) is 3.56. The minimum absolute atomic E-state index is 0.0845. The van der Waals surface area contributed by atoms with Crippen molar-refractivity contribution in [3.63, 3.8) is 0 Å². The summed E-state index contributed by atoms with van der Waals surface area (Å²) in [7, 11) is 0. The van der Waals surface area contributed by atoms with Gasteiger partial charge < -0.3 is 15.3 Å². The van der Waals surface area contributed by atoms with E-state index in [0.717, 1.165) is 5.56 Å². The van der Waals surface area contributed by atoms with Crippen LogP contribution in [-0.2, 0) is 13.1 Å². The van der Waals surface area contributed by atoms with Gasteiger partial charge in [-0.15, -0.1) is 0 Å². The van der Waals surface area contributed by atoms with Crippen LogP contribution < -0.4 is 5.32 Å². The maximum absolute atomic E-state index is 12.0. The van der Waals surface area contributed by atoms with Gasteiger partial charge in [0, 0.05) is 13.1 Å². The monoisotopic (exact) mass is 288 g/mol. The summed E-state index contributed by atoms with van der Waals surface area (Å²) in [5.74, 6) is -1.09. The molecule has 1 aromatic rings. The van der Waals surface area contributed by atoms with Crippen molar-refractivity contribution in [2.45, 2.75) is 19.3 Å². The summed E-state index contributed by atoms with van der Waals surface area (Å²) in [6.45, 7) is -1.13. The number of alkyl halides is 3. The number of carbonyl (C=O) groups excluding carboxylic acids is 1. The van der Waals surface area contributed by atoms with E-state index in [1.165, 1.54) is 17.0 Å². The van der Waals surface area contributed by atoms with Gasteiger partial charge in [-0.1, -0.05) is 6.07 Å². The topological polar surface area (TPSA) is 69.6 Å². The maximum Gasteiger partial charge on any atom is 0.405 e. The van der Waals surface area contributed by atoms with Crippen LogP contribution in [0, 0.1) is 0 Å². The fourth-order valence-electron chi connectivity index (χ4n) is 1.96. The minimum atomic E-state index is -4.46. The number of hydrogen-bond acceptors (Lipinski definition) is 2. The van der Waals surface area contributed by atoms with E-state index in [1.807, 2.05) is 0 Å². The highest BCUT2D eigenvalue weighted by atomic mass is 19.4. The highest BCUT2D eigenvalue weighted by Gasteiger charge is 2.30. The van der Waals surface area contributed by atoms with Crippen molar-refractivity contribution in [1.82, 2.24) is 10.2 Å². The molecule has 0 atom stereocenters. The molecule has 5 nitrogen and oxygen atoms in total. The Morgan fingerprint density at radius 1 is 1.25 bits per heavy atom. The summed E-state index contributed by atoms with van der Waals surface area (Å²) in [6, 6.07) is 3.57. The number of hydrogen-bond donors (Lipinski definition) is 2. The lowest BCUT2D eigenvalue weighted by atomic mass is 10.1. The van der Waals surface area contributed by atoms with Gasteiger partial charge >= 0.3 is 18.2 Å². The molecule has 0 aliphatic carbocycles. The number of urea groups is 1. The number of rotatable bonds is 2. The fourth-order valence-corrected chi connectivity index (χ4v) is 1.96. The minimum Gasteiger partial charge on any atom is -0.478 e. The molecule has 0 saturated carbocycles. The Morgan fingerprint density at radius 3 is 2.50 bits per heavy atom. The van der Waals surface area contributed by atoms with Crippen molar-refractivity contribution >= 4 is 12.0 Å². The third kappa shape index (κ3) is 3.19. The number of fused-ring (bicyclic) bond motifs is 1. The fraction of sp³-hybridized carbons (Fsp3) is 0.333. The molecule has 2 amide bonds. The summed E-state index contributed by atoms with van der Waals surface area (Å²) >= 11 is 0. The van der Waals surface area contributed by atoms with Crippen LogP contribution in [0.1, 0.15) is 21.5 Å². The van der Waals surface area contributed by atoms with Crippen LogP contribution in [0.4, 0.5) is 18.0 Å². The molecule has 0 aromatic heterocycles. The molecule has 1 aromatic carbocycles. The molecule has 0 bridgehead atoms. The predicted molar refractivity (Wildman–Crippen MR) is 62.1 cm³/mol. The van der Waals surface area contributed by atoms with E-state index in [2.05, 4.69) is 0 Å². The number of nitrogens with zero attached hydrogens (tertiary/aromatic N) is 1. The van der Waals surface area contributed by atoms with Gasteiger partial charge in [0.2, 0.25) is 0 Å². The average Bonchev–Trinajstić information content (AvgIpc) is 2.77. The van der Waals surface area contributed by atoms with Crippen LogP contribution >= 0.6 is 0 Å². The number of carboxylic acids is 1. The molecule has 2 N–H and O–H groups in total. The van der Waals surface area contributed by atoms with E-state index in [1.54, 1.807) is 11.4 Å². The van der Waals surface area contributed by atoms with E-state index in [9.17, 15) is 22.8 Å². The molecule has 0 radical (unpaired) electrons. The van der Waals surface area contributed by atoms with Crippen molar-refractivity contribution in [3.05, 3.63) is 34.9 Å². The summed E-state index contributed by atoms with van der Waals surface area (Å²) in [4.78, 5) is 23.6. The van der Waals surface area contributed by atoms with Gasteiger partial charge in [-0.2, -0.15) is 13.2 Å². The molecule has 1 aliphatic heterocycles. The van der Waals surface area contributed by atoms with Gasteiger partial charge in [-0.05, 0) is 23.3 Å².